The minimum absolute atomic E-state index is 0.0445. The van der Waals surface area contributed by atoms with E-state index in [1.165, 1.54) is 5.39 Å². The Balaban J connectivity index is 1.31. The molecule has 0 unspecified atom stereocenters. The highest BCUT2D eigenvalue weighted by Crippen LogP contribution is 2.32. The Morgan fingerprint density at radius 3 is 2.84 bits per heavy atom. The predicted molar refractivity (Wildman–Crippen MR) is 95.8 cm³/mol. The summed E-state index contributed by atoms with van der Waals surface area (Å²) in [5.41, 5.74) is 4.43. The van der Waals surface area contributed by atoms with Gasteiger partial charge in [-0.2, -0.15) is 0 Å². The highest BCUT2D eigenvalue weighted by molar-refractivity contribution is 5.81. The molecule has 0 aliphatic carbocycles. The average molecular weight is 336 g/mol. The van der Waals surface area contributed by atoms with Crippen molar-refractivity contribution in [2.75, 3.05) is 6.79 Å². The van der Waals surface area contributed by atoms with Gasteiger partial charge in [0.2, 0.25) is 12.7 Å². The van der Waals surface area contributed by atoms with Crippen molar-refractivity contribution in [1.29, 1.82) is 0 Å². The Labute approximate surface area is 146 Å². The summed E-state index contributed by atoms with van der Waals surface area (Å²) in [4.78, 5) is 15.4. The van der Waals surface area contributed by atoms with Crippen LogP contribution in [0.1, 0.15) is 23.2 Å². The first-order valence-electron chi connectivity index (χ1n) is 8.41. The molecule has 25 heavy (non-hydrogen) atoms. The molecule has 2 aromatic carbocycles. The standard InChI is InChI=1S/C20H20N2O3/c1-13-8-16-9-15(2-5-17(16)22-13)11-21-20(23)7-4-14-3-6-18-19(10-14)25-12-24-18/h2-3,5-6,8-10,22H,4,7,11-12H2,1H3,(H,21,23). The maximum Gasteiger partial charge on any atom is 0.231 e. The van der Waals surface area contributed by atoms with Gasteiger partial charge in [-0.1, -0.05) is 12.1 Å². The fraction of sp³-hybridized carbons (Fsp3) is 0.250. The second kappa shape index (κ2) is 6.51. The van der Waals surface area contributed by atoms with Gasteiger partial charge in [0, 0.05) is 24.2 Å². The Morgan fingerprint density at radius 1 is 1.08 bits per heavy atom. The number of hydrogen-bond acceptors (Lipinski definition) is 3. The van der Waals surface area contributed by atoms with Crippen LogP contribution in [0.4, 0.5) is 0 Å². The summed E-state index contributed by atoms with van der Waals surface area (Å²) in [6, 6.07) is 14.1. The molecule has 1 aliphatic heterocycles. The summed E-state index contributed by atoms with van der Waals surface area (Å²) in [7, 11) is 0. The summed E-state index contributed by atoms with van der Waals surface area (Å²) in [5, 5.41) is 4.16. The first-order chi connectivity index (χ1) is 12.2. The van der Waals surface area contributed by atoms with E-state index in [0.29, 0.717) is 19.4 Å². The molecule has 2 heterocycles. The number of aryl methyl sites for hydroxylation is 2. The monoisotopic (exact) mass is 336 g/mol. The minimum atomic E-state index is 0.0445. The van der Waals surface area contributed by atoms with Crippen LogP contribution in [-0.2, 0) is 17.8 Å². The summed E-state index contributed by atoms with van der Waals surface area (Å²) in [6.45, 7) is 2.85. The summed E-state index contributed by atoms with van der Waals surface area (Å²) in [5.74, 6) is 1.57. The molecule has 4 rings (SSSR count). The first-order valence-corrected chi connectivity index (χ1v) is 8.41. The lowest BCUT2D eigenvalue weighted by Gasteiger charge is -2.06. The van der Waals surface area contributed by atoms with E-state index in [-0.39, 0.29) is 12.7 Å². The van der Waals surface area contributed by atoms with E-state index in [1.807, 2.05) is 31.2 Å². The van der Waals surface area contributed by atoms with Gasteiger partial charge in [0.1, 0.15) is 0 Å². The van der Waals surface area contributed by atoms with Gasteiger partial charge in [0.05, 0.1) is 0 Å². The van der Waals surface area contributed by atoms with E-state index in [0.717, 1.165) is 33.8 Å². The van der Waals surface area contributed by atoms with Crippen LogP contribution in [0.25, 0.3) is 10.9 Å². The lowest BCUT2D eigenvalue weighted by Crippen LogP contribution is -2.22. The third-order valence-corrected chi connectivity index (χ3v) is 4.39. The quantitative estimate of drug-likeness (QED) is 0.750. The summed E-state index contributed by atoms with van der Waals surface area (Å²) < 4.78 is 10.7. The number of ether oxygens (including phenoxy) is 2. The number of nitrogens with one attached hydrogen (secondary N) is 2. The molecule has 5 heteroatoms. The fourth-order valence-corrected chi connectivity index (χ4v) is 3.08. The van der Waals surface area contributed by atoms with E-state index in [9.17, 15) is 4.79 Å². The second-order valence-electron chi connectivity index (χ2n) is 6.34. The summed E-state index contributed by atoms with van der Waals surface area (Å²) in [6.07, 6.45) is 1.13. The van der Waals surface area contributed by atoms with Gasteiger partial charge in [-0.05, 0) is 60.2 Å². The van der Waals surface area contributed by atoms with Crippen molar-refractivity contribution in [3.63, 3.8) is 0 Å². The molecular weight excluding hydrogens is 316 g/mol. The molecule has 1 aromatic heterocycles. The zero-order valence-electron chi connectivity index (χ0n) is 14.1. The van der Waals surface area contributed by atoms with Crippen molar-refractivity contribution < 1.29 is 14.3 Å². The number of carbonyl (C=O) groups excluding carboxylic acids is 1. The van der Waals surface area contributed by atoms with Crippen molar-refractivity contribution in [3.05, 3.63) is 59.3 Å². The van der Waals surface area contributed by atoms with Gasteiger partial charge in [-0.15, -0.1) is 0 Å². The third kappa shape index (κ3) is 3.45. The molecular formula is C20H20N2O3. The van der Waals surface area contributed by atoms with Crippen LogP contribution in [0.3, 0.4) is 0 Å². The molecule has 0 saturated carbocycles. The van der Waals surface area contributed by atoms with Crippen LogP contribution in [-0.4, -0.2) is 17.7 Å². The number of amides is 1. The van der Waals surface area contributed by atoms with Crippen LogP contribution in [0, 0.1) is 6.92 Å². The van der Waals surface area contributed by atoms with Gasteiger partial charge in [0.25, 0.3) is 0 Å². The van der Waals surface area contributed by atoms with Crippen molar-refractivity contribution >= 4 is 16.8 Å². The normalized spacial score (nSPS) is 12.5. The number of H-pyrrole nitrogens is 1. The molecule has 0 atom stereocenters. The predicted octanol–water partition coefficient (Wildman–Crippen LogP) is 3.45. The van der Waals surface area contributed by atoms with E-state index < -0.39 is 0 Å². The van der Waals surface area contributed by atoms with Crippen molar-refractivity contribution in [2.24, 2.45) is 0 Å². The van der Waals surface area contributed by atoms with Gasteiger partial charge < -0.3 is 19.8 Å². The molecule has 0 saturated heterocycles. The molecule has 1 aliphatic rings. The number of aromatic nitrogens is 1. The molecule has 1 amide bonds. The number of hydrogen-bond donors (Lipinski definition) is 2. The van der Waals surface area contributed by atoms with Crippen LogP contribution in [0.5, 0.6) is 11.5 Å². The molecule has 2 N–H and O–H groups in total. The van der Waals surface area contributed by atoms with E-state index in [4.69, 9.17) is 9.47 Å². The Morgan fingerprint density at radius 2 is 1.92 bits per heavy atom. The Bertz CT molecular complexity index is 930. The number of carbonyl (C=O) groups is 1. The minimum Gasteiger partial charge on any atom is -0.454 e. The molecule has 0 spiro atoms. The topological polar surface area (TPSA) is 63.4 Å². The van der Waals surface area contributed by atoms with Gasteiger partial charge in [0.15, 0.2) is 11.5 Å². The Hall–Kier alpha value is -2.95. The lowest BCUT2D eigenvalue weighted by atomic mass is 10.1. The van der Waals surface area contributed by atoms with Crippen molar-refractivity contribution in [3.8, 4) is 11.5 Å². The number of rotatable bonds is 5. The molecule has 0 bridgehead atoms. The maximum atomic E-state index is 12.1. The Kier molecular flexibility index (Phi) is 4.06. The van der Waals surface area contributed by atoms with Crippen LogP contribution >= 0.6 is 0 Å². The molecule has 0 radical (unpaired) electrons. The zero-order valence-corrected chi connectivity index (χ0v) is 14.1. The van der Waals surface area contributed by atoms with Crippen LogP contribution in [0.15, 0.2) is 42.5 Å². The molecule has 3 aromatic rings. The van der Waals surface area contributed by atoms with Gasteiger partial charge in [-0.3, -0.25) is 4.79 Å². The smallest absolute Gasteiger partial charge is 0.231 e. The maximum absolute atomic E-state index is 12.1. The number of fused-ring (bicyclic) bond motifs is 2. The van der Waals surface area contributed by atoms with Gasteiger partial charge in [-0.25, -0.2) is 0 Å². The molecule has 0 fully saturated rings. The van der Waals surface area contributed by atoms with Gasteiger partial charge >= 0.3 is 0 Å². The van der Waals surface area contributed by atoms with E-state index in [1.54, 1.807) is 0 Å². The number of aromatic amines is 1. The fourth-order valence-electron chi connectivity index (χ4n) is 3.08. The van der Waals surface area contributed by atoms with Crippen LogP contribution < -0.4 is 14.8 Å². The summed E-state index contributed by atoms with van der Waals surface area (Å²) >= 11 is 0. The van der Waals surface area contributed by atoms with Crippen LogP contribution in [0.2, 0.25) is 0 Å². The largest absolute Gasteiger partial charge is 0.454 e. The first kappa shape index (κ1) is 15.6. The third-order valence-electron chi connectivity index (χ3n) is 4.39. The lowest BCUT2D eigenvalue weighted by molar-refractivity contribution is -0.121. The van der Waals surface area contributed by atoms with E-state index >= 15 is 0 Å². The van der Waals surface area contributed by atoms with Crippen molar-refractivity contribution in [1.82, 2.24) is 10.3 Å². The second-order valence-corrected chi connectivity index (χ2v) is 6.34. The zero-order chi connectivity index (χ0) is 17.2. The van der Waals surface area contributed by atoms with E-state index in [2.05, 4.69) is 28.5 Å². The molecule has 5 nitrogen and oxygen atoms in total. The van der Waals surface area contributed by atoms with Crippen molar-refractivity contribution in [2.45, 2.75) is 26.3 Å². The highest BCUT2D eigenvalue weighted by atomic mass is 16.7. The average Bonchev–Trinajstić information content (AvgIpc) is 3.22. The highest BCUT2D eigenvalue weighted by Gasteiger charge is 2.13. The number of benzene rings is 2. The molecule has 128 valence electrons. The SMILES string of the molecule is Cc1cc2cc(CNC(=O)CCc3ccc4c(c3)OCO4)ccc2[nH]1.